The van der Waals surface area contributed by atoms with E-state index in [1.807, 2.05) is 22.6 Å². The maximum absolute atomic E-state index is 14.2. The third kappa shape index (κ3) is 5.89. The quantitative estimate of drug-likeness (QED) is 0.324. The van der Waals surface area contributed by atoms with Crippen LogP contribution in [-0.4, -0.2) is 61.1 Å². The molecule has 41 heavy (non-hydrogen) atoms. The van der Waals surface area contributed by atoms with Crippen LogP contribution < -0.4 is 4.74 Å². The maximum Gasteiger partial charge on any atom is 0.356 e. The number of aromatic nitrogens is 4. The monoisotopic (exact) mass is 556 g/mol. The van der Waals surface area contributed by atoms with Gasteiger partial charge in [0.1, 0.15) is 12.4 Å². The van der Waals surface area contributed by atoms with Gasteiger partial charge in [0, 0.05) is 54.7 Å². The van der Waals surface area contributed by atoms with E-state index in [4.69, 9.17) is 24.7 Å². The molecule has 0 radical (unpaired) electrons. The second-order valence-corrected chi connectivity index (χ2v) is 10.5. The zero-order valence-electron chi connectivity index (χ0n) is 22.4. The number of hydrogen-bond donors (Lipinski definition) is 1. The molecule has 1 atom stereocenters. The molecule has 210 valence electrons. The van der Waals surface area contributed by atoms with Crippen molar-refractivity contribution < 1.29 is 23.8 Å². The Bertz CT molecular complexity index is 1620. The fourth-order valence-electron chi connectivity index (χ4n) is 5.39. The summed E-state index contributed by atoms with van der Waals surface area (Å²) in [6.45, 7) is 3.16. The van der Waals surface area contributed by atoms with E-state index in [0.29, 0.717) is 30.1 Å². The molecule has 4 aromatic rings. The summed E-state index contributed by atoms with van der Waals surface area (Å²) in [5.41, 5.74) is 4.11. The first-order valence-electron chi connectivity index (χ1n) is 13.7. The molecule has 2 aliphatic rings. The third-order valence-electron chi connectivity index (χ3n) is 7.81. The molecule has 1 unspecified atom stereocenters. The zero-order valence-corrected chi connectivity index (χ0v) is 22.4. The number of aromatic carboxylic acids is 1. The predicted octanol–water partition coefficient (Wildman–Crippen LogP) is 4.12. The number of pyridine rings is 1. The number of rotatable bonds is 9. The lowest BCUT2D eigenvalue weighted by Gasteiger charge is -2.32. The third-order valence-corrected chi connectivity index (χ3v) is 7.81. The van der Waals surface area contributed by atoms with Gasteiger partial charge < -0.3 is 14.6 Å². The van der Waals surface area contributed by atoms with E-state index >= 15 is 0 Å². The average molecular weight is 557 g/mol. The summed E-state index contributed by atoms with van der Waals surface area (Å²) in [6.07, 6.45) is 6.67. The van der Waals surface area contributed by atoms with Crippen molar-refractivity contribution in [1.82, 2.24) is 24.3 Å². The van der Waals surface area contributed by atoms with Gasteiger partial charge in [-0.2, -0.15) is 5.26 Å². The van der Waals surface area contributed by atoms with Gasteiger partial charge in [0.05, 0.1) is 29.6 Å². The van der Waals surface area contributed by atoms with E-state index in [2.05, 4.69) is 9.88 Å². The fourth-order valence-corrected chi connectivity index (χ4v) is 5.39. The predicted molar refractivity (Wildman–Crippen MR) is 145 cm³/mol. The smallest absolute Gasteiger partial charge is 0.356 e. The van der Waals surface area contributed by atoms with Crippen LogP contribution in [-0.2, 0) is 24.3 Å². The number of benzene rings is 1. The standard InChI is InChI=1S/C30H29FN6O4/c31-23-12-19(14-32)4-5-21(23)18-41-29-3-1-2-24(35-29)20-6-9-36(10-7-20)16-25-27(13-22-8-11-40-22)37-17-26(30(38)39)33-15-28(37)34-25/h1-5,12,15,17,20,22H,6-11,13,16,18H2,(H,38,39). The zero-order chi connectivity index (χ0) is 28.3. The van der Waals surface area contributed by atoms with E-state index in [1.165, 1.54) is 12.3 Å². The highest BCUT2D eigenvalue weighted by atomic mass is 19.1. The number of imidazole rings is 1. The second kappa shape index (κ2) is 11.6. The highest BCUT2D eigenvalue weighted by molar-refractivity contribution is 5.85. The van der Waals surface area contributed by atoms with Gasteiger partial charge >= 0.3 is 5.97 Å². The molecule has 1 N–H and O–H groups in total. The Morgan fingerprint density at radius 1 is 1.20 bits per heavy atom. The van der Waals surface area contributed by atoms with Crippen LogP contribution in [0.25, 0.3) is 5.65 Å². The number of ether oxygens (including phenoxy) is 2. The Labute approximate surface area is 236 Å². The lowest BCUT2D eigenvalue weighted by molar-refractivity contribution is -0.0499. The molecule has 0 amide bonds. The largest absolute Gasteiger partial charge is 0.476 e. The summed E-state index contributed by atoms with van der Waals surface area (Å²) in [5, 5.41) is 18.3. The summed E-state index contributed by atoms with van der Waals surface area (Å²) in [4.78, 5) is 27.4. The Kier molecular flexibility index (Phi) is 7.59. The van der Waals surface area contributed by atoms with Crippen LogP contribution in [0.15, 0.2) is 48.8 Å². The normalized spacial score (nSPS) is 17.7. The average Bonchev–Trinajstić information content (AvgIpc) is 3.30. The van der Waals surface area contributed by atoms with Gasteiger partial charge in [0.2, 0.25) is 5.88 Å². The number of piperidine rings is 1. The number of likely N-dealkylation sites (tertiary alicyclic amines) is 1. The molecule has 11 heteroatoms. The molecule has 0 spiro atoms. The lowest BCUT2D eigenvalue weighted by Crippen LogP contribution is -2.34. The molecule has 10 nitrogen and oxygen atoms in total. The minimum atomic E-state index is -1.07. The van der Waals surface area contributed by atoms with Crippen LogP contribution in [0.2, 0.25) is 0 Å². The molecule has 2 aliphatic heterocycles. The van der Waals surface area contributed by atoms with Gasteiger partial charge in [-0.1, -0.05) is 12.1 Å². The number of nitrogens with zero attached hydrogens (tertiary/aromatic N) is 6. The molecular formula is C30H29FN6O4. The van der Waals surface area contributed by atoms with Crippen molar-refractivity contribution in [3.05, 3.63) is 88.5 Å². The van der Waals surface area contributed by atoms with E-state index < -0.39 is 11.8 Å². The number of carboxylic acids is 1. The highest BCUT2D eigenvalue weighted by Crippen LogP contribution is 2.30. The van der Waals surface area contributed by atoms with Crippen molar-refractivity contribution in [1.29, 1.82) is 5.26 Å². The molecule has 1 aromatic carbocycles. The molecule has 3 aromatic heterocycles. The van der Waals surface area contributed by atoms with E-state index in [1.54, 1.807) is 24.4 Å². The second-order valence-electron chi connectivity index (χ2n) is 10.5. The van der Waals surface area contributed by atoms with Crippen LogP contribution in [0.4, 0.5) is 4.39 Å². The van der Waals surface area contributed by atoms with Gasteiger partial charge in [-0.3, -0.25) is 9.30 Å². The SMILES string of the molecule is N#Cc1ccc(COc2cccc(C3CCN(Cc4nc5cnc(C(=O)O)cn5c4CC4CCO4)CC3)n2)c(F)c1. The summed E-state index contributed by atoms with van der Waals surface area (Å²) < 4.78 is 27.5. The summed E-state index contributed by atoms with van der Waals surface area (Å²) in [7, 11) is 0. The summed E-state index contributed by atoms with van der Waals surface area (Å²) >= 11 is 0. The minimum Gasteiger partial charge on any atom is -0.476 e. The number of nitriles is 1. The Hall–Kier alpha value is -4.40. The lowest BCUT2D eigenvalue weighted by atomic mass is 9.93. The fraction of sp³-hybridized carbons (Fsp3) is 0.367. The van der Waals surface area contributed by atoms with Gasteiger partial charge in [-0.05, 0) is 50.6 Å². The van der Waals surface area contributed by atoms with Crippen LogP contribution in [0, 0.1) is 17.1 Å². The Morgan fingerprint density at radius 3 is 2.73 bits per heavy atom. The van der Waals surface area contributed by atoms with Crippen molar-refractivity contribution in [3.8, 4) is 11.9 Å². The van der Waals surface area contributed by atoms with E-state index in [0.717, 1.165) is 56.0 Å². The summed E-state index contributed by atoms with van der Waals surface area (Å²) in [5.74, 6) is -0.831. The molecule has 0 bridgehead atoms. The van der Waals surface area contributed by atoms with Crippen LogP contribution >= 0.6 is 0 Å². The number of hydrogen-bond acceptors (Lipinski definition) is 8. The molecule has 6 rings (SSSR count). The number of carbonyl (C=O) groups is 1. The Morgan fingerprint density at radius 2 is 2.02 bits per heavy atom. The summed E-state index contributed by atoms with van der Waals surface area (Å²) in [6, 6.07) is 11.9. The molecule has 2 fully saturated rings. The first-order chi connectivity index (χ1) is 20.0. The van der Waals surface area contributed by atoms with Crippen LogP contribution in [0.5, 0.6) is 5.88 Å². The number of halogens is 1. The highest BCUT2D eigenvalue weighted by Gasteiger charge is 2.27. The van der Waals surface area contributed by atoms with Crippen molar-refractivity contribution in [2.75, 3.05) is 19.7 Å². The van der Waals surface area contributed by atoms with E-state index in [-0.39, 0.29) is 29.9 Å². The van der Waals surface area contributed by atoms with Crippen molar-refractivity contribution in [2.24, 2.45) is 0 Å². The van der Waals surface area contributed by atoms with Crippen LogP contribution in [0.3, 0.4) is 0 Å². The van der Waals surface area contributed by atoms with Gasteiger partial charge in [0.15, 0.2) is 11.3 Å². The first-order valence-corrected chi connectivity index (χ1v) is 13.7. The van der Waals surface area contributed by atoms with Gasteiger partial charge in [-0.15, -0.1) is 0 Å². The molecule has 5 heterocycles. The van der Waals surface area contributed by atoms with Gasteiger partial charge in [0.25, 0.3) is 0 Å². The maximum atomic E-state index is 14.2. The number of fused-ring (bicyclic) bond motifs is 1. The van der Waals surface area contributed by atoms with Crippen LogP contribution in [0.1, 0.15) is 63.9 Å². The van der Waals surface area contributed by atoms with Crippen molar-refractivity contribution in [2.45, 2.75) is 50.9 Å². The first kappa shape index (κ1) is 26.8. The number of carboxylic acid groups (broad SMARTS) is 1. The van der Waals surface area contributed by atoms with Gasteiger partial charge in [-0.25, -0.2) is 24.1 Å². The molecule has 2 saturated heterocycles. The molecule has 0 aliphatic carbocycles. The van der Waals surface area contributed by atoms with Crippen molar-refractivity contribution in [3.63, 3.8) is 0 Å². The van der Waals surface area contributed by atoms with E-state index in [9.17, 15) is 14.3 Å². The minimum absolute atomic E-state index is 0.0150. The molecular weight excluding hydrogens is 527 g/mol. The topological polar surface area (TPSA) is 126 Å². The van der Waals surface area contributed by atoms with Crippen molar-refractivity contribution >= 4 is 11.6 Å². The molecule has 0 saturated carbocycles. The Balaban J connectivity index is 1.10.